The fourth-order valence-electron chi connectivity index (χ4n) is 1.74. The van der Waals surface area contributed by atoms with Gasteiger partial charge in [-0.05, 0) is 43.7 Å². The van der Waals surface area contributed by atoms with Crippen LogP contribution in [-0.2, 0) is 6.54 Å². The van der Waals surface area contributed by atoms with Crippen LogP contribution in [0.5, 0.6) is 0 Å². The van der Waals surface area contributed by atoms with Crippen molar-refractivity contribution in [3.8, 4) is 5.82 Å². The van der Waals surface area contributed by atoms with Crippen molar-refractivity contribution in [2.75, 3.05) is 0 Å². The van der Waals surface area contributed by atoms with Gasteiger partial charge in [-0.3, -0.25) is 0 Å². The number of pyridine rings is 1. The SMILES string of the molecule is Cc1ccc(C)n1-c1cc(CN)ccn1. The molecule has 2 N–H and O–H groups in total. The summed E-state index contributed by atoms with van der Waals surface area (Å²) < 4.78 is 2.12. The molecule has 0 unspecified atom stereocenters. The molecule has 0 fully saturated rings. The second kappa shape index (κ2) is 3.87. The maximum atomic E-state index is 5.61. The normalized spacial score (nSPS) is 10.6. The number of aryl methyl sites for hydroxylation is 2. The Hall–Kier alpha value is -1.61. The molecule has 78 valence electrons. The van der Waals surface area contributed by atoms with E-state index < -0.39 is 0 Å². The average Bonchev–Trinajstić information content (AvgIpc) is 2.59. The summed E-state index contributed by atoms with van der Waals surface area (Å²) in [6.45, 7) is 4.70. The van der Waals surface area contributed by atoms with Crippen LogP contribution >= 0.6 is 0 Å². The highest BCUT2D eigenvalue weighted by Gasteiger charge is 2.04. The number of hydrogen-bond donors (Lipinski definition) is 1. The van der Waals surface area contributed by atoms with Crippen LogP contribution in [-0.4, -0.2) is 9.55 Å². The van der Waals surface area contributed by atoms with Gasteiger partial charge in [0.2, 0.25) is 0 Å². The molecule has 2 heterocycles. The zero-order chi connectivity index (χ0) is 10.8. The molecule has 0 bridgehead atoms. The minimum absolute atomic E-state index is 0.550. The zero-order valence-electron chi connectivity index (χ0n) is 9.07. The monoisotopic (exact) mass is 201 g/mol. The molecular weight excluding hydrogens is 186 g/mol. The van der Waals surface area contributed by atoms with E-state index in [0.717, 1.165) is 11.4 Å². The highest BCUT2D eigenvalue weighted by Crippen LogP contribution is 2.14. The van der Waals surface area contributed by atoms with E-state index >= 15 is 0 Å². The van der Waals surface area contributed by atoms with Crippen molar-refractivity contribution in [3.63, 3.8) is 0 Å². The van der Waals surface area contributed by atoms with Crippen molar-refractivity contribution in [1.82, 2.24) is 9.55 Å². The van der Waals surface area contributed by atoms with Crippen LogP contribution in [0.15, 0.2) is 30.5 Å². The topological polar surface area (TPSA) is 43.8 Å². The van der Waals surface area contributed by atoms with Crippen molar-refractivity contribution in [2.24, 2.45) is 5.73 Å². The van der Waals surface area contributed by atoms with Gasteiger partial charge in [-0.15, -0.1) is 0 Å². The van der Waals surface area contributed by atoms with E-state index in [4.69, 9.17) is 5.73 Å². The molecule has 2 aromatic heterocycles. The summed E-state index contributed by atoms with van der Waals surface area (Å²) in [7, 11) is 0. The largest absolute Gasteiger partial charge is 0.326 e. The van der Waals surface area contributed by atoms with Gasteiger partial charge in [-0.1, -0.05) is 0 Å². The molecule has 0 spiro atoms. The van der Waals surface area contributed by atoms with Crippen LogP contribution in [0.1, 0.15) is 17.0 Å². The smallest absolute Gasteiger partial charge is 0.137 e. The van der Waals surface area contributed by atoms with E-state index in [2.05, 4.69) is 35.5 Å². The van der Waals surface area contributed by atoms with Gasteiger partial charge in [0.1, 0.15) is 5.82 Å². The van der Waals surface area contributed by atoms with Crippen molar-refractivity contribution in [3.05, 3.63) is 47.4 Å². The molecule has 3 heteroatoms. The van der Waals surface area contributed by atoms with Crippen LogP contribution < -0.4 is 5.73 Å². The fourth-order valence-corrected chi connectivity index (χ4v) is 1.74. The van der Waals surface area contributed by atoms with E-state index in [0.29, 0.717) is 6.54 Å². The Morgan fingerprint density at radius 3 is 2.47 bits per heavy atom. The van der Waals surface area contributed by atoms with Gasteiger partial charge in [0.25, 0.3) is 0 Å². The lowest BCUT2D eigenvalue weighted by molar-refractivity contribution is 0.911. The van der Waals surface area contributed by atoms with Gasteiger partial charge in [-0.25, -0.2) is 4.98 Å². The second-order valence-corrected chi connectivity index (χ2v) is 3.68. The quantitative estimate of drug-likeness (QED) is 0.807. The molecule has 0 saturated carbocycles. The summed E-state index contributed by atoms with van der Waals surface area (Å²) in [6.07, 6.45) is 1.80. The first-order valence-corrected chi connectivity index (χ1v) is 5.02. The van der Waals surface area contributed by atoms with Gasteiger partial charge in [0, 0.05) is 24.1 Å². The molecule has 0 aliphatic rings. The first-order chi connectivity index (χ1) is 7.22. The summed E-state index contributed by atoms with van der Waals surface area (Å²) in [5.74, 6) is 0.943. The highest BCUT2D eigenvalue weighted by molar-refractivity contribution is 5.33. The number of nitrogens with two attached hydrogens (primary N) is 1. The molecule has 15 heavy (non-hydrogen) atoms. The first kappa shape index (κ1) is 9.93. The minimum Gasteiger partial charge on any atom is -0.326 e. The van der Waals surface area contributed by atoms with E-state index in [1.165, 1.54) is 11.4 Å². The molecule has 0 aliphatic carbocycles. The Morgan fingerprint density at radius 2 is 1.87 bits per heavy atom. The number of aromatic nitrogens is 2. The van der Waals surface area contributed by atoms with Gasteiger partial charge in [0.15, 0.2) is 0 Å². The molecule has 0 saturated heterocycles. The Bertz CT molecular complexity index is 452. The van der Waals surface area contributed by atoms with E-state index in [9.17, 15) is 0 Å². The first-order valence-electron chi connectivity index (χ1n) is 5.02. The Labute approximate surface area is 89.6 Å². The summed E-state index contributed by atoms with van der Waals surface area (Å²) in [4.78, 5) is 4.36. The standard InChI is InChI=1S/C12H15N3/c1-9-3-4-10(2)15(9)12-7-11(8-13)5-6-14-12/h3-7H,8,13H2,1-2H3. The Kier molecular flexibility index (Phi) is 2.56. The van der Waals surface area contributed by atoms with Crippen LogP contribution in [0.4, 0.5) is 0 Å². The molecule has 0 radical (unpaired) electrons. The third kappa shape index (κ3) is 1.78. The lowest BCUT2D eigenvalue weighted by atomic mass is 10.2. The molecule has 0 amide bonds. The van der Waals surface area contributed by atoms with E-state index in [1.54, 1.807) is 6.20 Å². The fraction of sp³-hybridized carbons (Fsp3) is 0.250. The summed E-state index contributed by atoms with van der Waals surface area (Å²) in [6, 6.07) is 8.15. The predicted molar refractivity (Wildman–Crippen MR) is 60.9 cm³/mol. The number of rotatable bonds is 2. The van der Waals surface area contributed by atoms with E-state index in [-0.39, 0.29) is 0 Å². The summed E-state index contributed by atoms with van der Waals surface area (Å²) >= 11 is 0. The zero-order valence-corrected chi connectivity index (χ0v) is 9.07. The Balaban J connectivity index is 2.53. The molecular formula is C12H15N3. The van der Waals surface area contributed by atoms with Crippen LogP contribution in [0.3, 0.4) is 0 Å². The maximum Gasteiger partial charge on any atom is 0.137 e. The van der Waals surface area contributed by atoms with Gasteiger partial charge < -0.3 is 10.3 Å². The van der Waals surface area contributed by atoms with Crippen molar-refractivity contribution < 1.29 is 0 Å². The predicted octanol–water partition coefficient (Wildman–Crippen LogP) is 1.95. The van der Waals surface area contributed by atoms with Crippen molar-refractivity contribution in [1.29, 1.82) is 0 Å². The minimum atomic E-state index is 0.550. The van der Waals surface area contributed by atoms with E-state index in [1.807, 2.05) is 12.1 Å². The third-order valence-electron chi connectivity index (χ3n) is 2.55. The highest BCUT2D eigenvalue weighted by atomic mass is 15.1. The number of nitrogens with zero attached hydrogens (tertiary/aromatic N) is 2. The third-order valence-corrected chi connectivity index (χ3v) is 2.55. The van der Waals surface area contributed by atoms with Crippen LogP contribution in [0.2, 0.25) is 0 Å². The van der Waals surface area contributed by atoms with Gasteiger partial charge in [-0.2, -0.15) is 0 Å². The average molecular weight is 201 g/mol. The summed E-state index contributed by atoms with van der Waals surface area (Å²) in [5, 5.41) is 0. The second-order valence-electron chi connectivity index (χ2n) is 3.68. The molecule has 0 aliphatic heterocycles. The van der Waals surface area contributed by atoms with Gasteiger partial charge in [0.05, 0.1) is 0 Å². The maximum absolute atomic E-state index is 5.61. The molecule has 3 nitrogen and oxygen atoms in total. The molecule has 2 aromatic rings. The molecule has 0 aromatic carbocycles. The van der Waals surface area contributed by atoms with Crippen LogP contribution in [0, 0.1) is 13.8 Å². The molecule has 2 rings (SSSR count). The van der Waals surface area contributed by atoms with Gasteiger partial charge >= 0.3 is 0 Å². The Morgan fingerprint density at radius 1 is 1.20 bits per heavy atom. The van der Waals surface area contributed by atoms with Crippen molar-refractivity contribution >= 4 is 0 Å². The van der Waals surface area contributed by atoms with Crippen molar-refractivity contribution in [2.45, 2.75) is 20.4 Å². The van der Waals surface area contributed by atoms with Crippen LogP contribution in [0.25, 0.3) is 5.82 Å². The lowest BCUT2D eigenvalue weighted by Crippen LogP contribution is -2.04. The number of hydrogen-bond acceptors (Lipinski definition) is 2. The summed E-state index contributed by atoms with van der Waals surface area (Å²) in [5.41, 5.74) is 9.09. The molecule has 0 atom stereocenters. The lowest BCUT2D eigenvalue weighted by Gasteiger charge is -2.09.